The number of nitro benzene ring substituents is 1. The average molecular weight is 265 g/mol. The van der Waals surface area contributed by atoms with Gasteiger partial charge in [0.1, 0.15) is 5.69 Å². The number of amides is 1. The summed E-state index contributed by atoms with van der Waals surface area (Å²) in [7, 11) is 1.60. The molecule has 1 rings (SSSR count). The molecule has 1 aromatic carbocycles. The van der Waals surface area contributed by atoms with E-state index in [1.807, 2.05) is 0 Å². The van der Waals surface area contributed by atoms with Gasteiger partial charge < -0.3 is 10.6 Å². The summed E-state index contributed by atoms with van der Waals surface area (Å²) in [6, 6.07) is 4.41. The minimum absolute atomic E-state index is 0.0938. The second-order valence-electron chi connectivity index (χ2n) is 4.20. The van der Waals surface area contributed by atoms with Gasteiger partial charge in [0, 0.05) is 25.2 Å². The van der Waals surface area contributed by atoms with Crippen LogP contribution in [0.4, 0.5) is 11.4 Å². The number of benzene rings is 1. The molecule has 6 nitrogen and oxygen atoms in total. The van der Waals surface area contributed by atoms with Gasteiger partial charge in [-0.3, -0.25) is 14.9 Å². The van der Waals surface area contributed by atoms with E-state index in [0.29, 0.717) is 17.8 Å². The Morgan fingerprint density at radius 2 is 2.11 bits per heavy atom. The Labute approximate surface area is 112 Å². The van der Waals surface area contributed by atoms with Crippen molar-refractivity contribution >= 4 is 17.3 Å². The molecular weight excluding hydrogens is 246 g/mol. The highest BCUT2D eigenvalue weighted by molar-refractivity contribution is 5.95. The molecule has 0 aliphatic carbocycles. The van der Waals surface area contributed by atoms with E-state index in [-0.39, 0.29) is 11.6 Å². The molecule has 0 aromatic heterocycles. The summed E-state index contributed by atoms with van der Waals surface area (Å²) >= 11 is 0. The van der Waals surface area contributed by atoms with E-state index in [0.717, 1.165) is 19.3 Å². The third-order valence-electron chi connectivity index (χ3n) is 2.79. The van der Waals surface area contributed by atoms with Crippen LogP contribution in [0.5, 0.6) is 0 Å². The maximum absolute atomic E-state index is 11.8. The molecule has 2 N–H and O–H groups in total. The molecule has 19 heavy (non-hydrogen) atoms. The van der Waals surface area contributed by atoms with Gasteiger partial charge >= 0.3 is 0 Å². The van der Waals surface area contributed by atoms with E-state index in [4.69, 9.17) is 0 Å². The molecule has 0 saturated heterocycles. The number of unbranched alkanes of at least 4 members (excludes halogenated alkanes) is 2. The number of anilines is 1. The second-order valence-corrected chi connectivity index (χ2v) is 4.20. The number of carbonyl (C=O) groups excluding carboxylic acids is 1. The van der Waals surface area contributed by atoms with Gasteiger partial charge in [-0.15, -0.1) is 0 Å². The summed E-state index contributed by atoms with van der Waals surface area (Å²) in [4.78, 5) is 22.2. The average Bonchev–Trinajstić information content (AvgIpc) is 2.42. The molecule has 0 radical (unpaired) electrons. The first-order valence-electron chi connectivity index (χ1n) is 6.34. The number of nitrogens with one attached hydrogen (secondary N) is 2. The highest BCUT2D eigenvalue weighted by Gasteiger charge is 2.16. The van der Waals surface area contributed by atoms with Crippen LogP contribution in [-0.4, -0.2) is 24.4 Å². The Balaban J connectivity index is 2.75. The van der Waals surface area contributed by atoms with Crippen LogP contribution < -0.4 is 10.6 Å². The maximum atomic E-state index is 11.8. The lowest BCUT2D eigenvalue weighted by molar-refractivity contribution is -0.384. The van der Waals surface area contributed by atoms with Crippen molar-refractivity contribution in [3.05, 3.63) is 33.9 Å². The second kappa shape index (κ2) is 7.35. The van der Waals surface area contributed by atoms with Gasteiger partial charge in [0.2, 0.25) is 0 Å². The predicted octanol–water partition coefficient (Wildman–Crippen LogP) is 2.56. The fourth-order valence-corrected chi connectivity index (χ4v) is 1.71. The third-order valence-corrected chi connectivity index (χ3v) is 2.79. The molecule has 104 valence electrons. The maximum Gasteiger partial charge on any atom is 0.293 e. The van der Waals surface area contributed by atoms with Gasteiger partial charge in [-0.25, -0.2) is 0 Å². The van der Waals surface area contributed by atoms with Crippen molar-refractivity contribution in [2.24, 2.45) is 0 Å². The molecule has 0 spiro atoms. The van der Waals surface area contributed by atoms with Crippen molar-refractivity contribution in [1.29, 1.82) is 0 Å². The van der Waals surface area contributed by atoms with Crippen LogP contribution in [-0.2, 0) is 0 Å². The van der Waals surface area contributed by atoms with E-state index >= 15 is 0 Å². The molecule has 0 atom stereocenters. The highest BCUT2D eigenvalue weighted by Crippen LogP contribution is 2.24. The van der Waals surface area contributed by atoms with Crippen molar-refractivity contribution in [2.75, 3.05) is 18.9 Å². The van der Waals surface area contributed by atoms with Crippen LogP contribution in [0.25, 0.3) is 0 Å². The summed E-state index contributed by atoms with van der Waals surface area (Å²) in [5.74, 6) is -0.276. The molecule has 0 aliphatic rings. The van der Waals surface area contributed by atoms with Gasteiger partial charge in [-0.05, 0) is 18.6 Å². The van der Waals surface area contributed by atoms with Crippen LogP contribution in [0.1, 0.15) is 36.5 Å². The number of carbonyl (C=O) groups is 1. The Kier molecular flexibility index (Phi) is 5.78. The molecule has 0 bridgehead atoms. The summed E-state index contributed by atoms with van der Waals surface area (Å²) in [5, 5.41) is 16.4. The Morgan fingerprint density at radius 1 is 1.37 bits per heavy atom. The normalized spacial score (nSPS) is 10.0. The first kappa shape index (κ1) is 14.9. The molecule has 0 aliphatic heterocycles. The van der Waals surface area contributed by atoms with Gasteiger partial charge in [0.05, 0.1) is 4.92 Å². The SMILES string of the molecule is CCCCCNC(=O)c1ccc(NC)c([N+](=O)[O-])c1. The van der Waals surface area contributed by atoms with Crippen LogP contribution >= 0.6 is 0 Å². The first-order chi connectivity index (χ1) is 9.10. The topological polar surface area (TPSA) is 84.3 Å². The molecule has 6 heteroatoms. The molecular formula is C13H19N3O3. The smallest absolute Gasteiger partial charge is 0.293 e. The predicted molar refractivity (Wildman–Crippen MR) is 74.5 cm³/mol. The summed E-state index contributed by atoms with van der Waals surface area (Å²) in [6.07, 6.45) is 3.05. The molecule has 1 aromatic rings. The van der Waals surface area contributed by atoms with Gasteiger partial charge in [0.15, 0.2) is 0 Å². The van der Waals surface area contributed by atoms with Crippen molar-refractivity contribution < 1.29 is 9.72 Å². The molecule has 0 heterocycles. The Hall–Kier alpha value is -2.11. The summed E-state index contributed by atoms with van der Waals surface area (Å²) in [6.45, 7) is 2.68. The van der Waals surface area contributed by atoms with Crippen LogP contribution in [0.15, 0.2) is 18.2 Å². The van der Waals surface area contributed by atoms with E-state index in [9.17, 15) is 14.9 Å². The Bertz CT molecular complexity index is 460. The Morgan fingerprint density at radius 3 is 2.68 bits per heavy atom. The van der Waals surface area contributed by atoms with Gasteiger partial charge in [0.25, 0.3) is 11.6 Å². The summed E-state index contributed by atoms with van der Waals surface area (Å²) < 4.78 is 0. The molecule has 1 amide bonds. The monoisotopic (exact) mass is 265 g/mol. The van der Waals surface area contributed by atoms with E-state index < -0.39 is 4.92 Å². The number of nitro groups is 1. The van der Waals surface area contributed by atoms with Crippen molar-refractivity contribution in [3.63, 3.8) is 0 Å². The van der Waals surface area contributed by atoms with Crippen LogP contribution in [0, 0.1) is 10.1 Å². The third kappa shape index (κ3) is 4.24. The van der Waals surface area contributed by atoms with Crippen LogP contribution in [0.3, 0.4) is 0 Å². The van der Waals surface area contributed by atoms with E-state index in [1.54, 1.807) is 19.2 Å². The zero-order chi connectivity index (χ0) is 14.3. The molecule has 0 fully saturated rings. The van der Waals surface area contributed by atoms with E-state index in [1.165, 1.54) is 6.07 Å². The summed E-state index contributed by atoms with van der Waals surface area (Å²) in [5.41, 5.74) is 0.610. The van der Waals surface area contributed by atoms with E-state index in [2.05, 4.69) is 17.6 Å². The zero-order valence-corrected chi connectivity index (χ0v) is 11.2. The number of hydrogen-bond acceptors (Lipinski definition) is 4. The highest BCUT2D eigenvalue weighted by atomic mass is 16.6. The number of nitrogens with zero attached hydrogens (tertiary/aromatic N) is 1. The first-order valence-corrected chi connectivity index (χ1v) is 6.34. The van der Waals surface area contributed by atoms with Crippen molar-refractivity contribution in [3.8, 4) is 0 Å². The standard InChI is InChI=1S/C13H19N3O3/c1-3-4-5-8-15-13(17)10-6-7-11(14-2)12(9-10)16(18)19/h6-7,9,14H,3-5,8H2,1-2H3,(H,15,17). The zero-order valence-electron chi connectivity index (χ0n) is 11.2. The molecule has 0 saturated carbocycles. The fraction of sp³-hybridized carbons (Fsp3) is 0.462. The largest absolute Gasteiger partial charge is 0.383 e. The lowest BCUT2D eigenvalue weighted by Crippen LogP contribution is -2.24. The van der Waals surface area contributed by atoms with Gasteiger partial charge in [-0.1, -0.05) is 19.8 Å². The minimum atomic E-state index is -0.500. The quantitative estimate of drug-likeness (QED) is 0.451. The minimum Gasteiger partial charge on any atom is -0.383 e. The molecule has 0 unspecified atom stereocenters. The number of rotatable bonds is 7. The lowest BCUT2D eigenvalue weighted by Gasteiger charge is -2.06. The van der Waals surface area contributed by atoms with Crippen molar-refractivity contribution in [1.82, 2.24) is 5.32 Å². The fourth-order valence-electron chi connectivity index (χ4n) is 1.71. The number of hydrogen-bond donors (Lipinski definition) is 2. The van der Waals surface area contributed by atoms with Crippen molar-refractivity contribution in [2.45, 2.75) is 26.2 Å². The lowest BCUT2D eigenvalue weighted by atomic mass is 10.1. The van der Waals surface area contributed by atoms with Crippen LogP contribution in [0.2, 0.25) is 0 Å². The van der Waals surface area contributed by atoms with Gasteiger partial charge in [-0.2, -0.15) is 0 Å².